The second-order valence-electron chi connectivity index (χ2n) is 5.10. The molecule has 0 radical (unpaired) electrons. The lowest BCUT2D eigenvalue weighted by molar-refractivity contribution is 0.270. The maximum absolute atomic E-state index is 11.8. The van der Waals surface area contributed by atoms with Crippen molar-refractivity contribution in [3.05, 3.63) is 21.9 Å². The number of nitrogens with zero attached hydrogens (tertiary/aromatic N) is 1. The van der Waals surface area contributed by atoms with Crippen molar-refractivity contribution < 1.29 is 8.42 Å². The number of hydrogen-bond acceptors (Lipinski definition) is 6. The molecule has 0 aliphatic carbocycles. The van der Waals surface area contributed by atoms with Gasteiger partial charge >= 0.3 is 0 Å². The number of aryl methyl sites for hydroxylation is 1. The number of hydrogen-bond donors (Lipinski definition) is 1. The SMILES string of the molecule is Cc1ccsc1CNCCN1CCSCC1S(C)(=O)=O. The Bertz CT molecular complexity index is 527. The van der Waals surface area contributed by atoms with Gasteiger partial charge in [-0.1, -0.05) is 0 Å². The van der Waals surface area contributed by atoms with Gasteiger partial charge in [0.1, 0.15) is 5.37 Å². The largest absolute Gasteiger partial charge is 0.311 e. The van der Waals surface area contributed by atoms with Crippen LogP contribution in [0.5, 0.6) is 0 Å². The van der Waals surface area contributed by atoms with Crippen molar-refractivity contribution >= 4 is 32.9 Å². The summed E-state index contributed by atoms with van der Waals surface area (Å²) in [6.07, 6.45) is 1.35. The Hall–Kier alpha value is -0.0800. The van der Waals surface area contributed by atoms with E-state index < -0.39 is 9.84 Å². The first kappa shape index (κ1) is 16.3. The highest BCUT2D eigenvalue weighted by molar-refractivity contribution is 8.00. The normalized spacial score (nSPS) is 21.2. The number of thioether (sulfide) groups is 1. The van der Waals surface area contributed by atoms with Gasteiger partial charge in [0.15, 0.2) is 9.84 Å². The predicted octanol–water partition coefficient (Wildman–Crippen LogP) is 1.57. The first-order valence-corrected chi connectivity index (χ1v) is 10.7. The monoisotopic (exact) mass is 334 g/mol. The quantitative estimate of drug-likeness (QED) is 0.800. The summed E-state index contributed by atoms with van der Waals surface area (Å²) in [6, 6.07) is 2.13. The van der Waals surface area contributed by atoms with E-state index in [1.54, 1.807) is 23.1 Å². The molecule has 1 aromatic rings. The molecular formula is C13H22N2O2S3. The lowest BCUT2D eigenvalue weighted by atomic mass is 10.3. The summed E-state index contributed by atoms with van der Waals surface area (Å²) in [5.41, 5.74) is 1.32. The summed E-state index contributed by atoms with van der Waals surface area (Å²) in [5.74, 6) is 1.72. The van der Waals surface area contributed by atoms with Crippen molar-refractivity contribution in [3.63, 3.8) is 0 Å². The minimum absolute atomic E-state index is 0.313. The summed E-state index contributed by atoms with van der Waals surface area (Å²) in [6.45, 7) is 5.48. The van der Waals surface area contributed by atoms with Crippen LogP contribution in [0.2, 0.25) is 0 Å². The highest BCUT2D eigenvalue weighted by Crippen LogP contribution is 2.19. The molecule has 7 heteroatoms. The van der Waals surface area contributed by atoms with Gasteiger partial charge in [0.25, 0.3) is 0 Å². The van der Waals surface area contributed by atoms with Crippen molar-refractivity contribution in [1.29, 1.82) is 0 Å². The Balaban J connectivity index is 1.79. The van der Waals surface area contributed by atoms with E-state index in [0.717, 1.165) is 31.9 Å². The Morgan fingerprint density at radius 3 is 2.95 bits per heavy atom. The Morgan fingerprint density at radius 1 is 1.50 bits per heavy atom. The topological polar surface area (TPSA) is 49.4 Å². The number of thiophene rings is 1. The molecule has 0 bridgehead atoms. The average molecular weight is 335 g/mol. The van der Waals surface area contributed by atoms with Gasteiger partial charge in [-0.3, -0.25) is 4.90 Å². The summed E-state index contributed by atoms with van der Waals surface area (Å²) < 4.78 is 23.6. The zero-order valence-electron chi connectivity index (χ0n) is 12.0. The highest BCUT2D eigenvalue weighted by Gasteiger charge is 2.30. The first-order chi connectivity index (χ1) is 9.48. The molecule has 0 amide bonds. The van der Waals surface area contributed by atoms with Gasteiger partial charge in [-0.25, -0.2) is 8.42 Å². The Labute approximate surface area is 129 Å². The molecule has 1 fully saturated rings. The average Bonchev–Trinajstić information content (AvgIpc) is 2.80. The molecule has 0 aromatic carbocycles. The minimum Gasteiger partial charge on any atom is -0.311 e. The summed E-state index contributed by atoms with van der Waals surface area (Å²) in [5, 5.41) is 5.21. The Kier molecular flexibility index (Phi) is 5.92. The maximum Gasteiger partial charge on any atom is 0.164 e. The van der Waals surface area contributed by atoms with Gasteiger partial charge in [-0.05, 0) is 23.9 Å². The first-order valence-electron chi connectivity index (χ1n) is 6.73. The van der Waals surface area contributed by atoms with Crippen LogP contribution < -0.4 is 5.32 Å². The van der Waals surface area contributed by atoms with E-state index in [1.807, 2.05) is 0 Å². The van der Waals surface area contributed by atoms with Gasteiger partial charge in [0.2, 0.25) is 0 Å². The van der Waals surface area contributed by atoms with E-state index in [-0.39, 0.29) is 5.37 Å². The van der Waals surface area contributed by atoms with E-state index in [4.69, 9.17) is 0 Å². The van der Waals surface area contributed by atoms with Crippen LogP contribution in [0, 0.1) is 6.92 Å². The van der Waals surface area contributed by atoms with Crippen LogP contribution in [0.25, 0.3) is 0 Å². The molecule has 1 aliphatic heterocycles. The molecule has 1 unspecified atom stereocenters. The molecule has 114 valence electrons. The second-order valence-corrected chi connectivity index (χ2v) is 9.45. The lowest BCUT2D eigenvalue weighted by Crippen LogP contribution is -2.49. The number of sulfone groups is 1. The van der Waals surface area contributed by atoms with Crippen LogP contribution in [-0.2, 0) is 16.4 Å². The molecule has 1 saturated heterocycles. The predicted molar refractivity (Wildman–Crippen MR) is 88.3 cm³/mol. The van der Waals surface area contributed by atoms with Crippen molar-refractivity contribution in [1.82, 2.24) is 10.2 Å². The van der Waals surface area contributed by atoms with Crippen LogP contribution in [-0.4, -0.2) is 56.1 Å². The zero-order valence-corrected chi connectivity index (χ0v) is 14.4. The van der Waals surface area contributed by atoms with E-state index in [2.05, 4.69) is 28.6 Å². The van der Waals surface area contributed by atoms with Gasteiger partial charge in [0, 0.05) is 48.8 Å². The summed E-state index contributed by atoms with van der Waals surface area (Å²) >= 11 is 3.50. The summed E-state index contributed by atoms with van der Waals surface area (Å²) in [4.78, 5) is 3.46. The highest BCUT2D eigenvalue weighted by atomic mass is 32.2. The molecule has 20 heavy (non-hydrogen) atoms. The lowest BCUT2D eigenvalue weighted by Gasteiger charge is -2.33. The molecule has 4 nitrogen and oxygen atoms in total. The fraction of sp³-hybridized carbons (Fsp3) is 0.692. The third-order valence-electron chi connectivity index (χ3n) is 3.51. The van der Waals surface area contributed by atoms with Crippen LogP contribution in [0.15, 0.2) is 11.4 Å². The van der Waals surface area contributed by atoms with Gasteiger partial charge in [0.05, 0.1) is 0 Å². The molecule has 1 aliphatic rings. The van der Waals surface area contributed by atoms with E-state index >= 15 is 0 Å². The fourth-order valence-electron chi connectivity index (χ4n) is 2.28. The van der Waals surface area contributed by atoms with Crippen LogP contribution in [0.4, 0.5) is 0 Å². The zero-order chi connectivity index (χ0) is 14.6. The van der Waals surface area contributed by atoms with E-state index in [0.29, 0.717) is 5.75 Å². The standard InChI is InChI=1S/C13H22N2O2S3/c1-11-3-7-19-12(11)9-14-4-5-15-6-8-18-10-13(15)20(2,16)17/h3,7,13-14H,4-6,8-10H2,1-2H3. The van der Waals surface area contributed by atoms with Crippen LogP contribution in [0.1, 0.15) is 10.4 Å². The van der Waals surface area contributed by atoms with Crippen molar-refractivity contribution in [2.24, 2.45) is 0 Å². The molecule has 1 atom stereocenters. The van der Waals surface area contributed by atoms with E-state index in [9.17, 15) is 8.42 Å². The van der Waals surface area contributed by atoms with E-state index in [1.165, 1.54) is 16.7 Å². The van der Waals surface area contributed by atoms with Gasteiger partial charge in [-0.15, -0.1) is 11.3 Å². The van der Waals surface area contributed by atoms with Crippen molar-refractivity contribution in [2.45, 2.75) is 18.8 Å². The summed E-state index contributed by atoms with van der Waals surface area (Å²) in [7, 11) is -2.98. The fourth-order valence-corrected chi connectivity index (χ4v) is 6.12. The third kappa shape index (κ3) is 4.46. The van der Waals surface area contributed by atoms with Gasteiger partial charge in [-0.2, -0.15) is 11.8 Å². The number of nitrogens with one attached hydrogen (secondary N) is 1. The third-order valence-corrected chi connectivity index (χ3v) is 7.22. The molecule has 1 aromatic heterocycles. The van der Waals surface area contributed by atoms with Crippen molar-refractivity contribution in [3.8, 4) is 0 Å². The second kappa shape index (κ2) is 7.26. The molecule has 1 N–H and O–H groups in total. The maximum atomic E-state index is 11.8. The van der Waals surface area contributed by atoms with Crippen molar-refractivity contribution in [2.75, 3.05) is 37.4 Å². The Morgan fingerprint density at radius 2 is 2.30 bits per heavy atom. The van der Waals surface area contributed by atoms with Gasteiger partial charge < -0.3 is 5.32 Å². The minimum atomic E-state index is -2.98. The molecule has 2 rings (SSSR count). The smallest absolute Gasteiger partial charge is 0.164 e. The molecule has 0 saturated carbocycles. The molecule has 0 spiro atoms. The number of rotatable bonds is 6. The van der Waals surface area contributed by atoms with Crippen LogP contribution >= 0.6 is 23.1 Å². The molecular weight excluding hydrogens is 312 g/mol. The molecule has 2 heterocycles. The van der Waals surface area contributed by atoms with Crippen LogP contribution in [0.3, 0.4) is 0 Å².